The van der Waals surface area contributed by atoms with E-state index in [1.807, 2.05) is 25.0 Å². The highest BCUT2D eigenvalue weighted by Gasteiger charge is 2.40. The van der Waals surface area contributed by atoms with Gasteiger partial charge in [0.1, 0.15) is 54.9 Å². The number of aliphatic carboxylic acids is 1. The standard InChI is InChI=1S/C53H85N13O16Si/c1-9-29(4)39(48(76)64-40(30(5)69)47(75)58-23-37(70)59-34(24-67)45(73)61-35(25-68)51(79)80)63-44(72)33(21-16-22-57-52(55)56)60-46(74)36(27-83(6,7)8)62-50(78)42(43(71)28(2)3)65-49(77)41(38(54)32-19-14-11-15-20-32)66-53(81)82-26-31-17-12-10-13-18-31/h10-15,17-20,28-30,33-36,38-43,67-69,71H,9,16,21-27,54H2,1-8H3,(H,58,75)(H,59,70)(H,60,74)(H,61,73)(H,62,78)(H,63,72)(H,64,76)(H,65,77)(H,66,81)(H,79,80)(H4,55,56,57)/t29-,30-,33+,34-,35-,36-,38+,39-,40-,41-,42-,43+/m0/s1. The molecule has 0 aliphatic carbocycles. The maximum Gasteiger partial charge on any atom is 0.408 e. The number of nitrogens with one attached hydrogen (secondary N) is 9. The molecule has 0 aliphatic rings. The van der Waals surface area contributed by atoms with E-state index in [1.54, 1.807) is 88.4 Å². The minimum atomic E-state index is -2.37. The van der Waals surface area contributed by atoms with Crippen molar-refractivity contribution in [3.8, 4) is 0 Å². The predicted octanol–water partition coefficient (Wildman–Crippen LogP) is -3.60. The van der Waals surface area contributed by atoms with E-state index in [0.717, 1.165) is 6.92 Å². The van der Waals surface area contributed by atoms with Crippen molar-refractivity contribution >= 4 is 73.4 Å². The Hall–Kier alpha value is -7.77. The number of hydrogen-bond acceptors (Lipinski definition) is 17. The molecule has 462 valence electrons. The van der Waals surface area contributed by atoms with Gasteiger partial charge in [0.15, 0.2) is 5.96 Å². The number of carboxylic acids is 1. The number of nitrogens with two attached hydrogens (primary N) is 3. The fourth-order valence-electron chi connectivity index (χ4n) is 7.92. The molecule has 20 N–H and O–H groups in total. The molecule has 0 aromatic heterocycles. The van der Waals surface area contributed by atoms with Crippen LogP contribution < -0.4 is 65.1 Å². The predicted molar refractivity (Wildman–Crippen MR) is 305 cm³/mol. The highest BCUT2D eigenvalue weighted by molar-refractivity contribution is 6.76. The number of carbonyl (C=O) groups excluding carboxylic acids is 9. The Kier molecular flexibility index (Phi) is 30.3. The van der Waals surface area contributed by atoms with Gasteiger partial charge in [-0.3, -0.25) is 43.3 Å². The van der Waals surface area contributed by atoms with Gasteiger partial charge in [-0.25, -0.2) is 9.59 Å². The van der Waals surface area contributed by atoms with Gasteiger partial charge in [0.25, 0.3) is 0 Å². The van der Waals surface area contributed by atoms with Crippen LogP contribution in [0.1, 0.15) is 71.0 Å². The summed E-state index contributed by atoms with van der Waals surface area (Å²) in [5, 5.41) is 71.7. The number of aliphatic hydroxyl groups is 4. The van der Waals surface area contributed by atoms with Crippen molar-refractivity contribution in [1.29, 1.82) is 0 Å². The van der Waals surface area contributed by atoms with Crippen LogP contribution in [0.25, 0.3) is 0 Å². The van der Waals surface area contributed by atoms with Crippen molar-refractivity contribution in [2.24, 2.45) is 34.0 Å². The maximum absolute atomic E-state index is 14.6. The number of guanidine groups is 1. The molecular weight excluding hydrogens is 1100 g/mol. The summed E-state index contributed by atoms with van der Waals surface area (Å²) >= 11 is 0. The van der Waals surface area contributed by atoms with Gasteiger partial charge in [-0.2, -0.15) is 0 Å². The van der Waals surface area contributed by atoms with E-state index >= 15 is 0 Å². The number of carbonyl (C=O) groups is 10. The molecule has 12 atom stereocenters. The molecular formula is C53H85N13O16Si. The first-order valence-electron chi connectivity index (χ1n) is 27.0. The molecule has 0 fully saturated rings. The van der Waals surface area contributed by atoms with Crippen molar-refractivity contribution in [3.63, 3.8) is 0 Å². The third-order valence-corrected chi connectivity index (χ3v) is 14.5. The molecule has 0 spiro atoms. The van der Waals surface area contributed by atoms with Gasteiger partial charge in [0.05, 0.1) is 38.0 Å². The fraction of sp³-hybridized carbons (Fsp3) is 0.566. The second-order valence-electron chi connectivity index (χ2n) is 21.4. The minimum Gasteiger partial charge on any atom is -0.480 e. The molecule has 0 bridgehead atoms. The number of amides is 9. The summed E-state index contributed by atoms with van der Waals surface area (Å²) < 4.78 is 5.39. The van der Waals surface area contributed by atoms with Crippen LogP contribution in [0.2, 0.25) is 25.7 Å². The average Bonchev–Trinajstić information content (AvgIpc) is 3.62. The summed E-state index contributed by atoms with van der Waals surface area (Å²) in [6, 6.07) is 3.02. The van der Waals surface area contributed by atoms with Crippen LogP contribution in [0.3, 0.4) is 0 Å². The monoisotopic (exact) mass is 1190 g/mol. The summed E-state index contributed by atoms with van der Waals surface area (Å²) in [6.07, 6.45) is -4.01. The first-order valence-corrected chi connectivity index (χ1v) is 30.7. The summed E-state index contributed by atoms with van der Waals surface area (Å²) in [4.78, 5) is 139. The second-order valence-corrected chi connectivity index (χ2v) is 26.9. The molecule has 0 radical (unpaired) electrons. The number of rotatable bonds is 35. The first-order chi connectivity index (χ1) is 38.9. The van der Waals surface area contributed by atoms with Gasteiger partial charge in [-0.15, -0.1) is 0 Å². The molecule has 2 aromatic carbocycles. The molecule has 0 saturated carbocycles. The summed E-state index contributed by atoms with van der Waals surface area (Å²) in [5.41, 5.74) is 18.7. The molecule has 29 nitrogen and oxygen atoms in total. The zero-order valence-electron chi connectivity index (χ0n) is 48.0. The van der Waals surface area contributed by atoms with Crippen molar-refractivity contribution in [2.45, 2.75) is 153 Å². The van der Waals surface area contributed by atoms with Crippen LogP contribution in [-0.4, -0.2) is 186 Å². The Morgan fingerprint density at radius 1 is 0.614 bits per heavy atom. The maximum atomic E-state index is 14.6. The van der Waals surface area contributed by atoms with Gasteiger partial charge >= 0.3 is 12.1 Å². The van der Waals surface area contributed by atoms with Crippen LogP contribution in [0, 0.1) is 11.8 Å². The van der Waals surface area contributed by atoms with Gasteiger partial charge in [0.2, 0.25) is 47.3 Å². The normalized spacial score (nSPS) is 15.6. The molecule has 9 amide bonds. The van der Waals surface area contributed by atoms with E-state index in [4.69, 9.17) is 27.0 Å². The van der Waals surface area contributed by atoms with Crippen LogP contribution in [0.5, 0.6) is 0 Å². The Morgan fingerprint density at radius 2 is 1.12 bits per heavy atom. The molecule has 0 saturated heterocycles. The van der Waals surface area contributed by atoms with Gasteiger partial charge in [0, 0.05) is 14.6 Å². The van der Waals surface area contributed by atoms with Crippen molar-refractivity contribution in [3.05, 3.63) is 71.8 Å². The average molecular weight is 1190 g/mol. The quantitative estimate of drug-likeness (QED) is 0.0137. The van der Waals surface area contributed by atoms with Crippen LogP contribution in [0.15, 0.2) is 65.7 Å². The number of carboxylic acid groups (broad SMARTS) is 1. The van der Waals surface area contributed by atoms with Gasteiger partial charge in [-0.1, -0.05) is 114 Å². The molecule has 83 heavy (non-hydrogen) atoms. The lowest BCUT2D eigenvalue weighted by Gasteiger charge is -2.32. The lowest BCUT2D eigenvalue weighted by atomic mass is 9.96. The van der Waals surface area contributed by atoms with E-state index in [9.17, 15) is 68.4 Å². The van der Waals surface area contributed by atoms with E-state index in [-0.39, 0.29) is 44.4 Å². The number of aliphatic imine (C=N–C) groups is 1. The molecule has 0 heterocycles. The Balaban J connectivity index is 2.45. The third kappa shape index (κ3) is 25.1. The number of nitrogens with zero attached hydrogens (tertiary/aromatic N) is 1. The van der Waals surface area contributed by atoms with E-state index < -0.39 is 166 Å². The summed E-state index contributed by atoms with van der Waals surface area (Å²) in [6.45, 7) is 10.3. The van der Waals surface area contributed by atoms with E-state index in [0.29, 0.717) is 11.1 Å². The first kappa shape index (κ1) is 71.3. The highest BCUT2D eigenvalue weighted by Crippen LogP contribution is 2.19. The zero-order valence-corrected chi connectivity index (χ0v) is 49.0. The van der Waals surface area contributed by atoms with Crippen molar-refractivity contribution < 1.29 is 78.2 Å². The third-order valence-electron chi connectivity index (χ3n) is 12.9. The number of benzene rings is 2. The number of aliphatic hydroxyl groups excluding tert-OH is 4. The second kappa shape index (κ2) is 35.3. The Bertz CT molecular complexity index is 2500. The lowest BCUT2D eigenvalue weighted by Crippen LogP contribution is -2.63. The lowest BCUT2D eigenvalue weighted by molar-refractivity contribution is -0.143. The Morgan fingerprint density at radius 3 is 1.65 bits per heavy atom. The van der Waals surface area contributed by atoms with Crippen LogP contribution in [-0.2, 0) is 54.5 Å². The Labute approximate surface area is 482 Å². The van der Waals surface area contributed by atoms with Crippen molar-refractivity contribution in [2.75, 3.05) is 26.3 Å². The molecule has 0 aliphatic heterocycles. The minimum absolute atomic E-state index is 0.0126. The number of ether oxygens (including phenoxy) is 1. The smallest absolute Gasteiger partial charge is 0.408 e. The van der Waals surface area contributed by atoms with E-state index in [2.05, 4.69) is 47.5 Å². The molecule has 2 rings (SSSR count). The SMILES string of the molecule is CC[C@H](C)[C@H](NC(=O)[C@@H](CCCN=C(N)N)NC(=O)[C@H](C[Si](C)(C)C)NC(=O)[C@@H](NC(=O)[C@@H](NC(=O)OCc1ccccc1)[C@H](N)c1ccccc1)[C@H](O)C(C)C)C(=O)N[C@H](C(=O)NCC(=O)N[C@@H](CO)C(=O)N[C@@H](CO)C(=O)O)[C@H](C)O. The zero-order chi connectivity index (χ0) is 62.7. The number of hydrogen-bond donors (Lipinski definition) is 17. The molecule has 30 heteroatoms. The largest absolute Gasteiger partial charge is 0.480 e. The number of alkyl carbamates (subject to hydrolysis) is 1. The fourth-order valence-corrected chi connectivity index (χ4v) is 9.43. The van der Waals surface area contributed by atoms with Crippen LogP contribution >= 0.6 is 0 Å². The topological polar surface area (TPSA) is 480 Å². The summed E-state index contributed by atoms with van der Waals surface area (Å²) in [5.74, 6) is -11.3. The van der Waals surface area contributed by atoms with E-state index in [1.165, 1.54) is 0 Å². The van der Waals surface area contributed by atoms with Gasteiger partial charge in [-0.05, 0) is 48.8 Å². The highest BCUT2D eigenvalue weighted by atomic mass is 28.3. The molecule has 2 aromatic rings. The van der Waals surface area contributed by atoms with Gasteiger partial charge < -0.3 is 95.3 Å². The summed E-state index contributed by atoms with van der Waals surface area (Å²) in [7, 11) is -2.37. The molecule has 0 unspecified atom stereocenters. The van der Waals surface area contributed by atoms with Crippen LogP contribution in [0.4, 0.5) is 4.79 Å². The van der Waals surface area contributed by atoms with Crippen molar-refractivity contribution in [1.82, 2.24) is 47.9 Å².